The lowest BCUT2D eigenvalue weighted by Gasteiger charge is -2.23. The van der Waals surface area contributed by atoms with E-state index in [2.05, 4.69) is 24.1 Å². The van der Waals surface area contributed by atoms with Crippen molar-refractivity contribution in [3.05, 3.63) is 24.1 Å². The number of amides is 1. The Morgan fingerprint density at radius 1 is 1.44 bits per heavy atom. The molecule has 1 aromatic heterocycles. The average Bonchev–Trinajstić information content (AvgIpc) is 2.30. The number of nitrogens with zero attached hydrogens (tertiary/aromatic N) is 1. The number of rotatable bonds is 6. The Bertz CT molecular complexity index is 390. The summed E-state index contributed by atoms with van der Waals surface area (Å²) in [4.78, 5) is 15.4. The summed E-state index contributed by atoms with van der Waals surface area (Å²) >= 11 is 0. The number of hydrogen-bond donors (Lipinski definition) is 2. The van der Waals surface area contributed by atoms with E-state index in [9.17, 15) is 9.18 Å². The van der Waals surface area contributed by atoms with Gasteiger partial charge in [0.1, 0.15) is 11.6 Å². The maximum absolute atomic E-state index is 12.6. The molecule has 0 aliphatic carbocycles. The third kappa shape index (κ3) is 5.23. The van der Waals surface area contributed by atoms with Crippen LogP contribution < -0.4 is 11.1 Å². The summed E-state index contributed by atoms with van der Waals surface area (Å²) in [6.07, 6.45) is 3.13. The summed E-state index contributed by atoms with van der Waals surface area (Å²) in [6, 6.07) is 2.71. The summed E-state index contributed by atoms with van der Waals surface area (Å²) in [5, 5.41) is 2.64. The lowest BCUT2D eigenvalue weighted by molar-refractivity contribution is -0.116. The minimum absolute atomic E-state index is 0.0579. The van der Waals surface area contributed by atoms with E-state index >= 15 is 0 Å². The molecule has 0 radical (unpaired) electrons. The van der Waals surface area contributed by atoms with Gasteiger partial charge in [-0.3, -0.25) is 4.79 Å². The van der Waals surface area contributed by atoms with Crippen LogP contribution in [0.1, 0.15) is 33.1 Å². The summed E-state index contributed by atoms with van der Waals surface area (Å²) in [5.74, 6) is -0.158. The lowest BCUT2D eigenvalue weighted by atomic mass is 9.84. The molecular formula is C13H20FN3O. The van der Waals surface area contributed by atoms with Crippen LogP contribution in [0.3, 0.4) is 0 Å². The second kappa shape index (κ2) is 6.44. The van der Waals surface area contributed by atoms with E-state index < -0.39 is 5.82 Å². The third-order valence-electron chi connectivity index (χ3n) is 2.84. The molecule has 1 heterocycles. The molecule has 18 heavy (non-hydrogen) atoms. The maximum atomic E-state index is 12.6. The molecular weight excluding hydrogens is 233 g/mol. The van der Waals surface area contributed by atoms with Crippen LogP contribution in [0.15, 0.2) is 18.3 Å². The minimum Gasteiger partial charge on any atom is -0.330 e. The third-order valence-corrected chi connectivity index (χ3v) is 2.84. The van der Waals surface area contributed by atoms with Gasteiger partial charge in [-0.05, 0) is 36.9 Å². The van der Waals surface area contributed by atoms with Gasteiger partial charge in [-0.15, -0.1) is 0 Å². The highest BCUT2D eigenvalue weighted by atomic mass is 19.1. The zero-order valence-electron chi connectivity index (χ0n) is 10.9. The molecule has 4 nitrogen and oxygen atoms in total. The van der Waals surface area contributed by atoms with Crippen LogP contribution in [-0.4, -0.2) is 17.4 Å². The Morgan fingerprint density at radius 2 is 2.17 bits per heavy atom. The quantitative estimate of drug-likeness (QED) is 0.817. The van der Waals surface area contributed by atoms with Gasteiger partial charge >= 0.3 is 0 Å². The van der Waals surface area contributed by atoms with E-state index in [0.29, 0.717) is 18.8 Å². The highest BCUT2D eigenvalue weighted by Crippen LogP contribution is 2.25. The molecule has 0 unspecified atom stereocenters. The lowest BCUT2D eigenvalue weighted by Crippen LogP contribution is -2.20. The molecule has 1 amide bonds. The normalized spacial score (nSPS) is 11.3. The van der Waals surface area contributed by atoms with Gasteiger partial charge in [0.2, 0.25) is 5.91 Å². The van der Waals surface area contributed by atoms with Crippen molar-refractivity contribution in [3.63, 3.8) is 0 Å². The minimum atomic E-state index is -0.419. The highest BCUT2D eigenvalue weighted by Gasteiger charge is 2.18. The number of pyridine rings is 1. The molecule has 3 N–H and O–H groups in total. The molecule has 0 saturated carbocycles. The van der Waals surface area contributed by atoms with Crippen molar-refractivity contribution in [1.29, 1.82) is 0 Å². The Kier molecular flexibility index (Phi) is 5.22. The molecule has 1 aromatic rings. The molecule has 0 saturated heterocycles. The fraction of sp³-hybridized carbons (Fsp3) is 0.538. The first-order valence-corrected chi connectivity index (χ1v) is 6.04. The molecule has 0 aliphatic heterocycles. The summed E-state index contributed by atoms with van der Waals surface area (Å²) in [6.45, 7) is 4.79. The van der Waals surface area contributed by atoms with Crippen LogP contribution in [-0.2, 0) is 4.79 Å². The number of halogens is 1. The van der Waals surface area contributed by atoms with Gasteiger partial charge in [0.15, 0.2) is 0 Å². The molecule has 100 valence electrons. The number of hydrogen-bond acceptors (Lipinski definition) is 3. The van der Waals surface area contributed by atoms with Crippen molar-refractivity contribution in [1.82, 2.24) is 4.98 Å². The monoisotopic (exact) mass is 253 g/mol. The number of aromatic nitrogens is 1. The predicted octanol–water partition coefficient (Wildman–Crippen LogP) is 2.31. The second-order valence-electron chi connectivity index (χ2n) is 5.11. The fourth-order valence-corrected chi connectivity index (χ4v) is 1.62. The van der Waals surface area contributed by atoms with E-state index in [1.54, 1.807) is 0 Å². The predicted molar refractivity (Wildman–Crippen MR) is 69.5 cm³/mol. The van der Waals surface area contributed by atoms with E-state index in [-0.39, 0.29) is 11.3 Å². The molecule has 0 aliphatic rings. The largest absolute Gasteiger partial charge is 0.330 e. The van der Waals surface area contributed by atoms with E-state index in [1.165, 1.54) is 12.1 Å². The maximum Gasteiger partial charge on any atom is 0.225 e. The van der Waals surface area contributed by atoms with E-state index in [0.717, 1.165) is 19.0 Å². The average molecular weight is 253 g/mol. The molecule has 0 atom stereocenters. The van der Waals surface area contributed by atoms with Gasteiger partial charge in [0, 0.05) is 6.42 Å². The first-order chi connectivity index (χ1) is 8.43. The van der Waals surface area contributed by atoms with Gasteiger partial charge in [-0.2, -0.15) is 0 Å². The standard InChI is InChI=1S/C13H20FN3O/c1-13(2,7-8-15)6-5-12(18)17-11-4-3-10(14)9-16-11/h3-4,9H,5-8,15H2,1-2H3,(H,16,17,18). The Morgan fingerprint density at radius 3 is 2.72 bits per heavy atom. The van der Waals surface area contributed by atoms with Crippen LogP contribution in [0, 0.1) is 11.2 Å². The van der Waals surface area contributed by atoms with Gasteiger partial charge < -0.3 is 11.1 Å². The van der Waals surface area contributed by atoms with Crippen LogP contribution in [0.25, 0.3) is 0 Å². The van der Waals surface area contributed by atoms with Crippen molar-refractivity contribution < 1.29 is 9.18 Å². The van der Waals surface area contributed by atoms with Crippen LogP contribution in [0.2, 0.25) is 0 Å². The number of carbonyl (C=O) groups is 1. The van der Waals surface area contributed by atoms with Crippen LogP contribution >= 0.6 is 0 Å². The second-order valence-corrected chi connectivity index (χ2v) is 5.11. The molecule has 1 rings (SSSR count). The van der Waals surface area contributed by atoms with Crippen molar-refractivity contribution in [3.8, 4) is 0 Å². The topological polar surface area (TPSA) is 68.0 Å². The van der Waals surface area contributed by atoms with Gasteiger partial charge in [0.05, 0.1) is 6.20 Å². The summed E-state index contributed by atoms with van der Waals surface area (Å²) in [5.41, 5.74) is 5.57. The number of carbonyl (C=O) groups excluding carboxylic acids is 1. The fourth-order valence-electron chi connectivity index (χ4n) is 1.62. The Labute approximate surface area is 107 Å². The first-order valence-electron chi connectivity index (χ1n) is 6.04. The van der Waals surface area contributed by atoms with E-state index in [1.807, 2.05) is 0 Å². The highest BCUT2D eigenvalue weighted by molar-refractivity contribution is 5.89. The SMILES string of the molecule is CC(C)(CCN)CCC(=O)Nc1ccc(F)cn1. The van der Waals surface area contributed by atoms with Crippen LogP contribution in [0.4, 0.5) is 10.2 Å². The van der Waals surface area contributed by atoms with E-state index in [4.69, 9.17) is 5.73 Å². The van der Waals surface area contributed by atoms with Crippen molar-refractivity contribution >= 4 is 11.7 Å². The van der Waals surface area contributed by atoms with Crippen molar-refractivity contribution in [2.45, 2.75) is 33.1 Å². The van der Waals surface area contributed by atoms with Crippen molar-refractivity contribution in [2.24, 2.45) is 11.1 Å². The smallest absolute Gasteiger partial charge is 0.225 e. The molecule has 0 bridgehead atoms. The molecule has 0 aromatic carbocycles. The number of nitrogens with one attached hydrogen (secondary N) is 1. The number of anilines is 1. The van der Waals surface area contributed by atoms with Gasteiger partial charge in [0.25, 0.3) is 0 Å². The zero-order chi connectivity index (χ0) is 13.6. The van der Waals surface area contributed by atoms with Crippen molar-refractivity contribution in [2.75, 3.05) is 11.9 Å². The van der Waals surface area contributed by atoms with Gasteiger partial charge in [-0.25, -0.2) is 9.37 Å². The van der Waals surface area contributed by atoms with Crippen LogP contribution in [0.5, 0.6) is 0 Å². The van der Waals surface area contributed by atoms with Gasteiger partial charge in [-0.1, -0.05) is 13.8 Å². The Balaban J connectivity index is 2.40. The summed E-state index contributed by atoms with van der Waals surface area (Å²) in [7, 11) is 0. The summed E-state index contributed by atoms with van der Waals surface area (Å²) < 4.78 is 12.6. The Hall–Kier alpha value is -1.49. The molecule has 0 fully saturated rings. The molecule has 0 spiro atoms. The molecule has 5 heteroatoms. The number of nitrogens with two attached hydrogens (primary N) is 1. The first kappa shape index (κ1) is 14.6. The zero-order valence-corrected chi connectivity index (χ0v) is 10.9.